The molecule has 5 N–H and O–H groups in total. The van der Waals surface area contributed by atoms with E-state index < -0.39 is 26.4 Å². The van der Waals surface area contributed by atoms with Crippen molar-refractivity contribution in [2.75, 3.05) is 6.61 Å². The summed E-state index contributed by atoms with van der Waals surface area (Å²) in [6.07, 6.45) is 0. The van der Waals surface area contributed by atoms with Gasteiger partial charge < -0.3 is 23.5 Å². The number of carboxylic acid groups (broad SMARTS) is 1. The van der Waals surface area contributed by atoms with Crippen molar-refractivity contribution < 1.29 is 31.6 Å². The van der Waals surface area contributed by atoms with Gasteiger partial charge in [-0.3, -0.25) is 9.32 Å². The predicted octanol–water partition coefficient (Wildman–Crippen LogP) is -1.65. The fourth-order valence-corrected chi connectivity index (χ4v) is 0.603. The average Bonchev–Trinajstić information content (AvgIpc) is 1.80. The van der Waals surface area contributed by atoms with E-state index in [1.165, 1.54) is 0 Å². The van der Waals surface area contributed by atoms with Gasteiger partial charge >= 0.3 is 51.5 Å². The Labute approximate surface area is 101 Å². The summed E-state index contributed by atoms with van der Waals surface area (Å²) in [5, 5.41) is 8.12. The quantitative estimate of drug-likeness (QED) is 0.334. The van der Waals surface area contributed by atoms with Gasteiger partial charge in [-0.05, 0) is 0 Å². The first-order chi connectivity index (χ1) is 4.83. The Kier molecular flexibility index (Phi) is 8.00. The van der Waals surface area contributed by atoms with Gasteiger partial charge in [0.2, 0.25) is 0 Å². The third kappa shape index (κ3) is 8.89. The zero-order valence-electron chi connectivity index (χ0n) is 8.08. The SMILES string of the molecule is NC(COP(=O)(O)O)C(=O)O.[Ca+2].[H-].[H-]. The molecule has 9 heteroatoms. The molecule has 0 bridgehead atoms. The Morgan fingerprint density at radius 3 is 2.33 bits per heavy atom. The van der Waals surface area contributed by atoms with E-state index >= 15 is 0 Å². The largest absolute Gasteiger partial charge is 2.00 e. The molecule has 0 aromatic carbocycles. The molecule has 70 valence electrons. The molecule has 0 spiro atoms. The van der Waals surface area contributed by atoms with Crippen LogP contribution in [0.1, 0.15) is 2.85 Å². The summed E-state index contributed by atoms with van der Waals surface area (Å²) in [4.78, 5) is 26.1. The number of aliphatic carboxylic acids is 1. The first kappa shape index (κ1) is 15.3. The monoisotopic (exact) mass is 227 g/mol. The maximum Gasteiger partial charge on any atom is 2.00 e. The summed E-state index contributed by atoms with van der Waals surface area (Å²) in [5.74, 6) is -1.38. The molecular weight excluding hydrogens is 217 g/mol. The van der Waals surface area contributed by atoms with Crippen LogP contribution in [0, 0.1) is 0 Å². The van der Waals surface area contributed by atoms with E-state index in [-0.39, 0.29) is 40.6 Å². The molecule has 12 heavy (non-hydrogen) atoms. The van der Waals surface area contributed by atoms with Crippen molar-refractivity contribution in [3.63, 3.8) is 0 Å². The molecule has 0 amide bonds. The molecule has 0 saturated carbocycles. The van der Waals surface area contributed by atoms with Crippen LogP contribution in [-0.4, -0.2) is 71.2 Å². The number of phosphoric acid groups is 1. The first-order valence-corrected chi connectivity index (χ1v) is 4.04. The number of nitrogens with two attached hydrogens (primary N) is 1. The van der Waals surface area contributed by atoms with E-state index in [0.29, 0.717) is 0 Å². The van der Waals surface area contributed by atoms with Crippen LogP contribution in [0.5, 0.6) is 0 Å². The summed E-state index contributed by atoms with van der Waals surface area (Å²) in [5.41, 5.74) is 4.86. The molecule has 0 aromatic heterocycles. The Balaban J connectivity index is -0.000000167. The summed E-state index contributed by atoms with van der Waals surface area (Å²) in [6.45, 7) is -0.709. The van der Waals surface area contributed by atoms with Crippen molar-refractivity contribution in [1.82, 2.24) is 0 Å². The van der Waals surface area contributed by atoms with Crippen molar-refractivity contribution in [2.24, 2.45) is 5.73 Å². The van der Waals surface area contributed by atoms with Gasteiger partial charge in [0.25, 0.3) is 0 Å². The molecule has 0 aromatic rings. The second-order valence-electron chi connectivity index (χ2n) is 1.73. The minimum Gasteiger partial charge on any atom is -1.00 e. The topological polar surface area (TPSA) is 130 Å². The van der Waals surface area contributed by atoms with Crippen LogP contribution in [0.15, 0.2) is 0 Å². The van der Waals surface area contributed by atoms with E-state index in [1.54, 1.807) is 0 Å². The minimum absolute atomic E-state index is 0. The van der Waals surface area contributed by atoms with Gasteiger partial charge in [-0.2, -0.15) is 0 Å². The molecular formula is C3H10CaNO6P. The Hall–Kier alpha value is 0.800. The van der Waals surface area contributed by atoms with E-state index in [0.717, 1.165) is 0 Å². The minimum atomic E-state index is -4.60. The predicted molar refractivity (Wildman–Crippen MR) is 41.6 cm³/mol. The molecule has 1 atom stereocenters. The second-order valence-corrected chi connectivity index (χ2v) is 2.97. The molecule has 0 rings (SSSR count). The van der Waals surface area contributed by atoms with E-state index in [2.05, 4.69) is 4.52 Å². The van der Waals surface area contributed by atoms with Crippen molar-refractivity contribution in [1.29, 1.82) is 0 Å². The summed E-state index contributed by atoms with van der Waals surface area (Å²) in [7, 11) is -4.60. The molecule has 0 heterocycles. The third-order valence-electron chi connectivity index (χ3n) is 0.739. The van der Waals surface area contributed by atoms with Gasteiger partial charge in [0, 0.05) is 0 Å². The average molecular weight is 227 g/mol. The molecule has 0 radical (unpaired) electrons. The Morgan fingerprint density at radius 1 is 1.67 bits per heavy atom. The maximum absolute atomic E-state index is 9.98. The summed E-state index contributed by atoms with van der Waals surface area (Å²) in [6, 6.07) is -1.41. The molecule has 0 aliphatic rings. The zero-order valence-corrected chi connectivity index (χ0v) is 9.19. The smallest absolute Gasteiger partial charge is 1.00 e. The molecule has 0 aliphatic carbocycles. The van der Waals surface area contributed by atoms with Gasteiger partial charge in [-0.1, -0.05) is 0 Å². The van der Waals surface area contributed by atoms with Crippen LogP contribution in [0.2, 0.25) is 0 Å². The normalized spacial score (nSPS) is 13.2. The Morgan fingerprint density at radius 2 is 2.08 bits per heavy atom. The van der Waals surface area contributed by atoms with E-state index in [9.17, 15) is 9.36 Å². The molecule has 1 unspecified atom stereocenters. The number of carboxylic acids is 1. The van der Waals surface area contributed by atoms with Gasteiger partial charge in [0.1, 0.15) is 6.04 Å². The van der Waals surface area contributed by atoms with Crippen LogP contribution in [0.25, 0.3) is 0 Å². The van der Waals surface area contributed by atoms with E-state index in [4.69, 9.17) is 20.6 Å². The van der Waals surface area contributed by atoms with Crippen LogP contribution >= 0.6 is 7.82 Å². The summed E-state index contributed by atoms with van der Waals surface area (Å²) >= 11 is 0. The molecule has 0 aliphatic heterocycles. The number of carbonyl (C=O) groups is 1. The number of rotatable bonds is 4. The van der Waals surface area contributed by atoms with Crippen molar-refractivity contribution in [2.45, 2.75) is 6.04 Å². The zero-order chi connectivity index (χ0) is 9.07. The van der Waals surface area contributed by atoms with Crippen molar-refractivity contribution in [3.05, 3.63) is 0 Å². The standard InChI is InChI=1S/C3H8NO6P.Ca.2H/c4-2(3(5)6)1-10-11(7,8)9;;;/h2H,1,4H2,(H,5,6)(H2,7,8,9);;;/q;+2;2*-1. The van der Waals surface area contributed by atoms with Crippen LogP contribution in [0.4, 0.5) is 0 Å². The number of phosphoric ester groups is 1. The van der Waals surface area contributed by atoms with Crippen LogP contribution in [-0.2, 0) is 13.9 Å². The summed E-state index contributed by atoms with van der Waals surface area (Å²) < 4.78 is 13.8. The fraction of sp³-hybridized carbons (Fsp3) is 0.667. The maximum atomic E-state index is 9.98. The number of hydrogen-bond donors (Lipinski definition) is 4. The van der Waals surface area contributed by atoms with Crippen LogP contribution < -0.4 is 5.73 Å². The first-order valence-electron chi connectivity index (χ1n) is 2.51. The van der Waals surface area contributed by atoms with Gasteiger partial charge in [-0.25, -0.2) is 4.57 Å². The van der Waals surface area contributed by atoms with Gasteiger partial charge in [0.05, 0.1) is 6.61 Å². The van der Waals surface area contributed by atoms with Crippen LogP contribution in [0.3, 0.4) is 0 Å². The van der Waals surface area contributed by atoms with E-state index in [1.807, 2.05) is 0 Å². The van der Waals surface area contributed by atoms with Crippen molar-refractivity contribution >= 4 is 51.5 Å². The third-order valence-corrected chi connectivity index (χ3v) is 1.22. The van der Waals surface area contributed by atoms with Gasteiger partial charge in [-0.15, -0.1) is 0 Å². The van der Waals surface area contributed by atoms with Gasteiger partial charge in [0.15, 0.2) is 0 Å². The fourth-order valence-electron chi connectivity index (χ4n) is 0.249. The molecule has 0 fully saturated rings. The molecule has 0 saturated heterocycles. The molecule has 7 nitrogen and oxygen atoms in total. The number of hydrogen-bond acceptors (Lipinski definition) is 4. The Bertz CT molecular complexity index is 200. The van der Waals surface area contributed by atoms with Crippen molar-refractivity contribution in [3.8, 4) is 0 Å². The second kappa shape index (κ2) is 6.28.